The molecule has 0 N–H and O–H groups in total. The summed E-state index contributed by atoms with van der Waals surface area (Å²) in [5.41, 5.74) is 2.86. The Morgan fingerprint density at radius 2 is 1.77 bits per heavy atom. The first-order valence-corrected chi connectivity index (χ1v) is 13.6. The van der Waals surface area contributed by atoms with Gasteiger partial charge in [0.25, 0.3) is 5.91 Å². The molecule has 2 aromatic carbocycles. The Balaban J connectivity index is 1.12. The van der Waals surface area contributed by atoms with Gasteiger partial charge in [-0.05, 0) is 79.7 Å². The maximum Gasteiger partial charge on any atom is 0.256 e. The van der Waals surface area contributed by atoms with Gasteiger partial charge in [0, 0.05) is 40.7 Å². The summed E-state index contributed by atoms with van der Waals surface area (Å²) in [5, 5.41) is 1.28. The number of nitrogens with zero attached hydrogens (tertiary/aromatic N) is 3. The van der Waals surface area contributed by atoms with E-state index in [1.54, 1.807) is 0 Å². The number of fused-ring (bicyclic) bond motifs is 1. The molecule has 1 saturated heterocycles. The Morgan fingerprint density at radius 3 is 2.51 bits per heavy atom. The third kappa shape index (κ3) is 3.70. The summed E-state index contributed by atoms with van der Waals surface area (Å²) in [7, 11) is 0. The number of aryl methyl sites for hydroxylation is 1. The molecule has 35 heavy (non-hydrogen) atoms. The van der Waals surface area contributed by atoms with Crippen LogP contribution in [0.1, 0.15) is 42.5 Å². The van der Waals surface area contributed by atoms with Gasteiger partial charge in [-0.25, -0.2) is 0 Å². The SMILES string of the molecule is Cc1cc2cc(-c3ccc(C4=NC5(CC5)C(=O)N4C[C@@H]4CCN(C(=O)C5CC5)C4)cc3)ccc2s1. The number of rotatable bonds is 5. The van der Waals surface area contributed by atoms with E-state index >= 15 is 0 Å². The minimum Gasteiger partial charge on any atom is -0.342 e. The van der Waals surface area contributed by atoms with E-state index in [9.17, 15) is 9.59 Å². The van der Waals surface area contributed by atoms with Crippen molar-refractivity contribution in [2.45, 2.75) is 44.6 Å². The van der Waals surface area contributed by atoms with Crippen molar-refractivity contribution in [3.63, 3.8) is 0 Å². The van der Waals surface area contributed by atoms with Gasteiger partial charge in [-0.2, -0.15) is 0 Å². The second-order valence-electron chi connectivity index (χ2n) is 10.8. The van der Waals surface area contributed by atoms with Crippen LogP contribution in [0.15, 0.2) is 53.5 Å². The van der Waals surface area contributed by atoms with Gasteiger partial charge in [0.15, 0.2) is 0 Å². The molecule has 0 radical (unpaired) electrons. The van der Waals surface area contributed by atoms with Crippen LogP contribution in [-0.2, 0) is 9.59 Å². The van der Waals surface area contributed by atoms with Crippen LogP contribution in [0.4, 0.5) is 0 Å². The number of likely N-dealkylation sites (tertiary alicyclic amines) is 1. The van der Waals surface area contributed by atoms with E-state index in [4.69, 9.17) is 4.99 Å². The maximum atomic E-state index is 13.3. The predicted octanol–water partition coefficient (Wildman–Crippen LogP) is 5.26. The molecule has 1 spiro atoms. The molecule has 1 atom stereocenters. The monoisotopic (exact) mass is 483 g/mol. The average Bonchev–Trinajstić information content (AvgIpc) is 3.76. The van der Waals surface area contributed by atoms with Crippen molar-refractivity contribution >= 4 is 39.1 Å². The molecular weight excluding hydrogens is 454 g/mol. The first-order chi connectivity index (χ1) is 17.0. The summed E-state index contributed by atoms with van der Waals surface area (Å²) in [6.45, 7) is 4.39. The highest BCUT2D eigenvalue weighted by molar-refractivity contribution is 7.19. The topological polar surface area (TPSA) is 53.0 Å². The number of benzene rings is 2. The Labute approximate surface area is 209 Å². The number of hydrogen-bond acceptors (Lipinski definition) is 4. The highest BCUT2D eigenvalue weighted by atomic mass is 32.1. The molecule has 6 heteroatoms. The van der Waals surface area contributed by atoms with Gasteiger partial charge >= 0.3 is 0 Å². The molecule has 7 rings (SSSR count). The van der Waals surface area contributed by atoms with E-state index in [0.29, 0.717) is 18.4 Å². The highest BCUT2D eigenvalue weighted by Crippen LogP contribution is 2.46. The van der Waals surface area contributed by atoms with E-state index in [2.05, 4.69) is 55.5 Å². The molecule has 2 aliphatic carbocycles. The molecular formula is C29H29N3O2S. The van der Waals surface area contributed by atoms with E-state index < -0.39 is 5.54 Å². The third-order valence-electron chi connectivity index (χ3n) is 8.02. The van der Waals surface area contributed by atoms with Crippen molar-refractivity contribution in [2.75, 3.05) is 19.6 Å². The third-order valence-corrected chi connectivity index (χ3v) is 9.05. The quantitative estimate of drug-likeness (QED) is 0.497. The zero-order chi connectivity index (χ0) is 23.7. The van der Waals surface area contributed by atoms with Gasteiger partial charge in [0.1, 0.15) is 11.4 Å². The zero-order valence-corrected chi connectivity index (χ0v) is 20.8. The van der Waals surface area contributed by atoms with Gasteiger partial charge in [0.2, 0.25) is 5.91 Å². The van der Waals surface area contributed by atoms with Crippen LogP contribution in [0.2, 0.25) is 0 Å². The zero-order valence-electron chi connectivity index (χ0n) is 20.0. The summed E-state index contributed by atoms with van der Waals surface area (Å²) in [6, 6.07) is 17.4. The Kier molecular flexibility index (Phi) is 4.72. The molecule has 2 saturated carbocycles. The number of hydrogen-bond donors (Lipinski definition) is 0. The van der Waals surface area contributed by atoms with Crippen molar-refractivity contribution in [2.24, 2.45) is 16.8 Å². The molecule has 0 unspecified atom stereocenters. The first kappa shape index (κ1) is 21.3. The largest absolute Gasteiger partial charge is 0.342 e. The molecule has 4 aliphatic rings. The van der Waals surface area contributed by atoms with E-state index in [-0.39, 0.29) is 11.8 Å². The van der Waals surface area contributed by atoms with Crippen molar-refractivity contribution in [3.05, 3.63) is 59.0 Å². The summed E-state index contributed by atoms with van der Waals surface area (Å²) in [6.07, 6.45) is 4.75. The van der Waals surface area contributed by atoms with Crippen LogP contribution in [-0.4, -0.2) is 52.6 Å². The molecule has 178 valence electrons. The Bertz CT molecular complexity index is 1380. The minimum absolute atomic E-state index is 0.154. The van der Waals surface area contributed by atoms with Gasteiger partial charge in [-0.15, -0.1) is 11.3 Å². The fourth-order valence-corrected chi connectivity index (χ4v) is 6.59. The van der Waals surface area contributed by atoms with E-state index in [1.165, 1.54) is 26.1 Å². The summed E-state index contributed by atoms with van der Waals surface area (Å²) in [4.78, 5) is 36.1. The number of carbonyl (C=O) groups excluding carboxylic acids is 2. The van der Waals surface area contributed by atoms with Crippen LogP contribution in [0.3, 0.4) is 0 Å². The lowest BCUT2D eigenvalue weighted by molar-refractivity contribution is -0.131. The molecule has 2 amide bonds. The van der Waals surface area contributed by atoms with Crippen molar-refractivity contribution in [1.29, 1.82) is 0 Å². The van der Waals surface area contributed by atoms with Gasteiger partial charge in [-0.1, -0.05) is 30.3 Å². The minimum atomic E-state index is -0.516. The van der Waals surface area contributed by atoms with Gasteiger partial charge < -0.3 is 4.90 Å². The Hall–Kier alpha value is -2.99. The fraction of sp³-hybridized carbons (Fsp3) is 0.414. The maximum absolute atomic E-state index is 13.3. The highest BCUT2D eigenvalue weighted by Gasteiger charge is 2.57. The lowest BCUT2D eigenvalue weighted by Gasteiger charge is -2.23. The molecule has 3 heterocycles. The smallest absolute Gasteiger partial charge is 0.256 e. The predicted molar refractivity (Wildman–Crippen MR) is 140 cm³/mol. The fourth-order valence-electron chi connectivity index (χ4n) is 5.69. The van der Waals surface area contributed by atoms with Gasteiger partial charge in [0.05, 0.1) is 0 Å². The van der Waals surface area contributed by atoms with Gasteiger partial charge in [-0.3, -0.25) is 19.5 Å². The molecule has 0 bridgehead atoms. The number of amides is 2. The summed E-state index contributed by atoms with van der Waals surface area (Å²) in [5.74, 6) is 1.87. The van der Waals surface area contributed by atoms with Crippen LogP contribution >= 0.6 is 11.3 Å². The lowest BCUT2D eigenvalue weighted by atomic mass is 10.0. The molecule has 5 nitrogen and oxygen atoms in total. The van der Waals surface area contributed by atoms with Crippen LogP contribution < -0.4 is 0 Å². The van der Waals surface area contributed by atoms with Crippen LogP contribution in [0.5, 0.6) is 0 Å². The van der Waals surface area contributed by atoms with Crippen molar-refractivity contribution < 1.29 is 9.59 Å². The van der Waals surface area contributed by atoms with Crippen LogP contribution in [0.25, 0.3) is 21.2 Å². The van der Waals surface area contributed by atoms with E-state index in [0.717, 1.165) is 56.6 Å². The molecule has 3 fully saturated rings. The van der Waals surface area contributed by atoms with Crippen LogP contribution in [0, 0.1) is 18.8 Å². The lowest BCUT2D eigenvalue weighted by Crippen LogP contribution is -2.40. The number of thiophene rings is 1. The summed E-state index contributed by atoms with van der Waals surface area (Å²) < 4.78 is 1.32. The van der Waals surface area contributed by atoms with Crippen molar-refractivity contribution in [1.82, 2.24) is 9.80 Å². The number of aliphatic imine (C=N–C) groups is 1. The normalized spacial score (nSPS) is 22.9. The number of carbonyl (C=O) groups is 2. The standard InChI is InChI=1S/C29H29N3O2S/c1-18-14-24-15-23(8-9-25(24)35-18)20-2-4-21(5-3-20)26-30-29(11-12-29)28(34)32(26)17-19-10-13-31(16-19)27(33)22-6-7-22/h2-5,8-9,14-15,19,22H,6-7,10-13,16-17H2,1H3/t19-/m1/s1. The van der Waals surface area contributed by atoms with E-state index in [1.807, 2.05) is 21.1 Å². The average molecular weight is 484 g/mol. The Morgan fingerprint density at radius 1 is 1.03 bits per heavy atom. The molecule has 1 aromatic heterocycles. The second kappa shape index (κ2) is 7.76. The number of amidine groups is 1. The summed E-state index contributed by atoms with van der Waals surface area (Å²) >= 11 is 1.83. The van der Waals surface area contributed by atoms with Crippen molar-refractivity contribution in [3.8, 4) is 11.1 Å². The molecule has 2 aliphatic heterocycles. The second-order valence-corrected chi connectivity index (χ2v) is 12.1. The first-order valence-electron chi connectivity index (χ1n) is 12.8. The molecule has 3 aromatic rings.